The fourth-order valence-corrected chi connectivity index (χ4v) is 2.44. The predicted octanol–water partition coefficient (Wildman–Crippen LogP) is 3.14. The van der Waals surface area contributed by atoms with Crippen molar-refractivity contribution in [3.63, 3.8) is 0 Å². The van der Waals surface area contributed by atoms with Crippen LogP contribution in [0, 0.1) is 10.1 Å². The standard InChI is InChI=1S/C16H13BrClN3O5/c17-11-3-1-2-4-12(11)20-15(22)8-19-16(23)9-26-14-6-5-10(18)7-13(14)21(24)25/h1-7H,8-9H2,(H,19,23)(H,20,22). The summed E-state index contributed by atoms with van der Waals surface area (Å²) in [6, 6.07) is 10.9. The van der Waals surface area contributed by atoms with E-state index in [1.165, 1.54) is 12.1 Å². The maximum absolute atomic E-state index is 11.8. The van der Waals surface area contributed by atoms with Gasteiger partial charge in [-0.15, -0.1) is 0 Å². The molecule has 8 nitrogen and oxygen atoms in total. The van der Waals surface area contributed by atoms with Crippen molar-refractivity contribution in [1.82, 2.24) is 5.32 Å². The van der Waals surface area contributed by atoms with Crippen molar-refractivity contribution in [2.45, 2.75) is 0 Å². The Balaban J connectivity index is 1.83. The summed E-state index contributed by atoms with van der Waals surface area (Å²) in [6.07, 6.45) is 0. The summed E-state index contributed by atoms with van der Waals surface area (Å²) in [4.78, 5) is 33.9. The normalized spacial score (nSPS) is 10.1. The molecule has 0 radical (unpaired) electrons. The lowest BCUT2D eigenvalue weighted by Crippen LogP contribution is -2.35. The molecule has 26 heavy (non-hydrogen) atoms. The van der Waals surface area contributed by atoms with E-state index < -0.39 is 23.3 Å². The van der Waals surface area contributed by atoms with Crippen molar-refractivity contribution < 1.29 is 19.2 Å². The Morgan fingerprint density at radius 1 is 1.19 bits per heavy atom. The van der Waals surface area contributed by atoms with E-state index in [1.54, 1.807) is 24.3 Å². The molecule has 0 bridgehead atoms. The van der Waals surface area contributed by atoms with Gasteiger partial charge in [0.05, 0.1) is 17.2 Å². The van der Waals surface area contributed by atoms with Gasteiger partial charge >= 0.3 is 5.69 Å². The highest BCUT2D eigenvalue weighted by Gasteiger charge is 2.17. The Morgan fingerprint density at radius 2 is 1.92 bits per heavy atom. The summed E-state index contributed by atoms with van der Waals surface area (Å²) in [7, 11) is 0. The molecular weight excluding hydrogens is 430 g/mol. The first kappa shape index (κ1) is 19.7. The molecule has 0 aliphatic carbocycles. The minimum Gasteiger partial charge on any atom is -0.477 e. The number of anilines is 1. The first-order valence-corrected chi connectivity index (χ1v) is 8.41. The van der Waals surface area contributed by atoms with Crippen molar-refractivity contribution in [1.29, 1.82) is 0 Å². The SMILES string of the molecule is O=C(COc1ccc(Cl)cc1[N+](=O)[O-])NCC(=O)Nc1ccccc1Br. The van der Waals surface area contributed by atoms with E-state index >= 15 is 0 Å². The molecular formula is C16H13BrClN3O5. The van der Waals surface area contributed by atoms with E-state index in [1.807, 2.05) is 0 Å². The zero-order valence-electron chi connectivity index (χ0n) is 13.2. The Bertz CT molecular complexity index is 846. The van der Waals surface area contributed by atoms with E-state index in [0.717, 1.165) is 6.07 Å². The van der Waals surface area contributed by atoms with E-state index in [0.29, 0.717) is 10.2 Å². The number of halogens is 2. The van der Waals surface area contributed by atoms with Gasteiger partial charge in [-0.3, -0.25) is 19.7 Å². The van der Waals surface area contributed by atoms with Gasteiger partial charge in [-0.25, -0.2) is 0 Å². The highest BCUT2D eigenvalue weighted by molar-refractivity contribution is 9.10. The van der Waals surface area contributed by atoms with Crippen LogP contribution in [0.15, 0.2) is 46.9 Å². The molecule has 0 aliphatic rings. The highest BCUT2D eigenvalue weighted by Crippen LogP contribution is 2.29. The van der Waals surface area contributed by atoms with Crippen molar-refractivity contribution in [2.75, 3.05) is 18.5 Å². The zero-order chi connectivity index (χ0) is 19.1. The lowest BCUT2D eigenvalue weighted by molar-refractivity contribution is -0.385. The number of nitrogens with zero attached hydrogens (tertiary/aromatic N) is 1. The molecule has 0 atom stereocenters. The number of carbonyl (C=O) groups excluding carboxylic acids is 2. The number of rotatable bonds is 7. The van der Waals surface area contributed by atoms with Crippen molar-refractivity contribution in [2.24, 2.45) is 0 Å². The molecule has 10 heteroatoms. The number of nitro benzene ring substituents is 1. The highest BCUT2D eigenvalue weighted by atomic mass is 79.9. The fraction of sp³-hybridized carbons (Fsp3) is 0.125. The summed E-state index contributed by atoms with van der Waals surface area (Å²) in [5.41, 5.74) is 0.219. The maximum Gasteiger partial charge on any atom is 0.312 e. The van der Waals surface area contributed by atoms with Gasteiger partial charge in [0.2, 0.25) is 5.91 Å². The Morgan fingerprint density at radius 3 is 2.62 bits per heavy atom. The van der Waals surface area contributed by atoms with Crippen LogP contribution in [0.5, 0.6) is 5.75 Å². The largest absolute Gasteiger partial charge is 0.477 e. The summed E-state index contributed by atoms with van der Waals surface area (Å²) in [5.74, 6) is -1.12. The van der Waals surface area contributed by atoms with Gasteiger partial charge < -0.3 is 15.4 Å². The van der Waals surface area contributed by atoms with Crippen LogP contribution in [0.25, 0.3) is 0 Å². The summed E-state index contributed by atoms with van der Waals surface area (Å²) >= 11 is 8.99. The summed E-state index contributed by atoms with van der Waals surface area (Å²) in [6.45, 7) is -0.753. The minimum atomic E-state index is -0.662. The summed E-state index contributed by atoms with van der Waals surface area (Å²) < 4.78 is 5.84. The van der Waals surface area contributed by atoms with E-state index in [4.69, 9.17) is 16.3 Å². The van der Waals surface area contributed by atoms with Crippen LogP contribution in [0.3, 0.4) is 0 Å². The average molecular weight is 443 g/mol. The summed E-state index contributed by atoms with van der Waals surface area (Å²) in [5, 5.41) is 16.1. The smallest absolute Gasteiger partial charge is 0.312 e. The van der Waals surface area contributed by atoms with Gasteiger partial charge in [0.25, 0.3) is 5.91 Å². The second-order valence-electron chi connectivity index (χ2n) is 4.96. The fourth-order valence-electron chi connectivity index (χ4n) is 1.89. The molecule has 0 fully saturated rings. The molecule has 2 amide bonds. The van der Waals surface area contributed by atoms with Crippen LogP contribution in [-0.4, -0.2) is 29.9 Å². The molecule has 0 aromatic heterocycles. The lowest BCUT2D eigenvalue weighted by atomic mass is 10.3. The number of ether oxygens (including phenoxy) is 1. The average Bonchev–Trinajstić information content (AvgIpc) is 2.60. The third-order valence-electron chi connectivity index (χ3n) is 3.07. The van der Waals surface area contributed by atoms with Gasteiger partial charge in [0, 0.05) is 15.6 Å². The van der Waals surface area contributed by atoms with Crippen molar-refractivity contribution in [3.8, 4) is 5.75 Å². The van der Waals surface area contributed by atoms with E-state index in [-0.39, 0.29) is 23.0 Å². The van der Waals surface area contributed by atoms with Crippen LogP contribution in [0.2, 0.25) is 5.02 Å². The van der Waals surface area contributed by atoms with Crippen LogP contribution in [0.4, 0.5) is 11.4 Å². The third kappa shape index (κ3) is 5.71. The Labute approximate surface area is 161 Å². The topological polar surface area (TPSA) is 111 Å². The molecule has 0 saturated heterocycles. The quantitative estimate of drug-likeness (QED) is 0.505. The molecule has 2 aromatic rings. The number of carbonyl (C=O) groups is 2. The molecule has 2 aromatic carbocycles. The number of hydrogen-bond donors (Lipinski definition) is 2. The number of nitro groups is 1. The first-order valence-electron chi connectivity index (χ1n) is 7.24. The van der Waals surface area contributed by atoms with Crippen LogP contribution in [-0.2, 0) is 9.59 Å². The van der Waals surface area contributed by atoms with Crippen LogP contribution < -0.4 is 15.4 Å². The first-order chi connectivity index (χ1) is 12.4. The molecule has 0 saturated carbocycles. The molecule has 0 heterocycles. The maximum atomic E-state index is 11.8. The second-order valence-corrected chi connectivity index (χ2v) is 6.25. The van der Waals surface area contributed by atoms with Crippen molar-refractivity contribution in [3.05, 3.63) is 62.1 Å². The number of hydrogen-bond acceptors (Lipinski definition) is 5. The monoisotopic (exact) mass is 441 g/mol. The minimum absolute atomic E-state index is 0.0905. The molecule has 0 unspecified atom stereocenters. The van der Waals surface area contributed by atoms with Crippen LogP contribution >= 0.6 is 27.5 Å². The lowest BCUT2D eigenvalue weighted by Gasteiger charge is -2.09. The third-order valence-corrected chi connectivity index (χ3v) is 4.00. The Kier molecular flexibility index (Phi) is 6.93. The number of amides is 2. The molecule has 0 aliphatic heterocycles. The van der Waals surface area contributed by atoms with Gasteiger partial charge in [-0.05, 0) is 40.2 Å². The Hall–Kier alpha value is -2.65. The van der Waals surface area contributed by atoms with E-state index in [2.05, 4.69) is 26.6 Å². The number of para-hydroxylation sites is 1. The number of benzene rings is 2. The number of nitrogens with one attached hydrogen (secondary N) is 2. The van der Waals surface area contributed by atoms with Crippen LogP contribution in [0.1, 0.15) is 0 Å². The molecule has 136 valence electrons. The van der Waals surface area contributed by atoms with Gasteiger partial charge in [0.15, 0.2) is 12.4 Å². The molecule has 0 spiro atoms. The predicted molar refractivity (Wildman–Crippen MR) is 99.4 cm³/mol. The molecule has 2 rings (SSSR count). The van der Waals surface area contributed by atoms with E-state index in [9.17, 15) is 19.7 Å². The van der Waals surface area contributed by atoms with Gasteiger partial charge in [0.1, 0.15) is 0 Å². The van der Waals surface area contributed by atoms with Gasteiger partial charge in [-0.2, -0.15) is 0 Å². The molecule has 2 N–H and O–H groups in total. The second kappa shape index (κ2) is 9.16. The van der Waals surface area contributed by atoms with Gasteiger partial charge in [-0.1, -0.05) is 23.7 Å². The van der Waals surface area contributed by atoms with Crippen molar-refractivity contribution >= 4 is 50.7 Å². The zero-order valence-corrected chi connectivity index (χ0v) is 15.5.